The number of aryl methyl sites for hydroxylation is 1. The number of pyridine rings is 1. The molecule has 0 atom stereocenters. The maximum atomic E-state index is 13.8. The average molecular weight is 496 g/mol. The van der Waals surface area contributed by atoms with Gasteiger partial charge in [-0.2, -0.15) is 0 Å². The number of nitrogens with zero attached hydrogens (tertiary/aromatic N) is 4. The Morgan fingerprint density at radius 1 is 1.00 bits per heavy atom. The number of ether oxygens (including phenoxy) is 1. The Morgan fingerprint density at radius 3 is 2.43 bits per heavy atom. The van der Waals surface area contributed by atoms with E-state index in [0.29, 0.717) is 23.0 Å². The number of hydrogen-bond acceptors (Lipinski definition) is 6. The molecule has 0 radical (unpaired) electrons. The maximum absolute atomic E-state index is 13.8. The van der Waals surface area contributed by atoms with Gasteiger partial charge in [-0.3, -0.25) is 9.59 Å². The summed E-state index contributed by atoms with van der Waals surface area (Å²) in [4.78, 5) is 52.5. The van der Waals surface area contributed by atoms with Crippen molar-refractivity contribution < 1.29 is 19.1 Å². The molecule has 0 aliphatic carbocycles. The van der Waals surface area contributed by atoms with Crippen molar-refractivity contribution in [2.75, 3.05) is 21.2 Å². The number of rotatable bonds is 6. The number of fused-ring (bicyclic) bond motifs is 2. The van der Waals surface area contributed by atoms with Gasteiger partial charge in [-0.15, -0.1) is 0 Å². The van der Waals surface area contributed by atoms with Crippen LogP contribution in [0.2, 0.25) is 0 Å². The summed E-state index contributed by atoms with van der Waals surface area (Å²) in [5, 5.41) is 0.364. The summed E-state index contributed by atoms with van der Waals surface area (Å²) in [6.07, 6.45) is 3.88. The molecule has 3 aromatic rings. The number of carbonyl (C=O) groups is 3. The standard InChI is InChI=1S/C28H25N5O4/c1-16-29-20-12-13-33(15-22(20)30-16)14-17-8-10-18(11-9-17)26(34)24-23-19(28(36)37-4)6-5-7-21(23)31-25(24)27(35)32(2)3/h5-13,15,31H,14H2,1-4H3. The molecule has 0 spiro atoms. The number of aromatic nitrogens is 4. The van der Waals surface area contributed by atoms with Crippen molar-refractivity contribution in [3.05, 3.63) is 94.7 Å². The summed E-state index contributed by atoms with van der Waals surface area (Å²) in [5.41, 5.74) is 4.05. The predicted molar refractivity (Wildman–Crippen MR) is 138 cm³/mol. The van der Waals surface area contributed by atoms with Gasteiger partial charge in [0, 0.05) is 49.5 Å². The number of benzene rings is 2. The van der Waals surface area contributed by atoms with Crippen LogP contribution in [0.1, 0.15) is 48.2 Å². The van der Waals surface area contributed by atoms with E-state index in [2.05, 4.69) is 15.0 Å². The van der Waals surface area contributed by atoms with Crippen molar-refractivity contribution >= 4 is 28.6 Å². The lowest BCUT2D eigenvalue weighted by Gasteiger charge is -2.12. The Morgan fingerprint density at radius 2 is 1.73 bits per heavy atom. The highest BCUT2D eigenvalue weighted by Gasteiger charge is 2.28. The Kier molecular flexibility index (Phi) is 6.04. The summed E-state index contributed by atoms with van der Waals surface area (Å²) in [6.45, 7) is 2.44. The predicted octanol–water partition coefficient (Wildman–Crippen LogP) is 3.94. The zero-order valence-corrected chi connectivity index (χ0v) is 20.9. The number of hydrogen-bond donors (Lipinski definition) is 1. The number of ketones is 1. The number of imidazole rings is 1. The molecule has 186 valence electrons. The number of H-pyrrole nitrogens is 1. The van der Waals surface area contributed by atoms with Gasteiger partial charge in [0.05, 0.1) is 23.9 Å². The Balaban J connectivity index is 1.52. The molecule has 1 amide bonds. The molecule has 9 heteroatoms. The van der Waals surface area contributed by atoms with E-state index in [9.17, 15) is 14.4 Å². The van der Waals surface area contributed by atoms with Crippen LogP contribution < -0.4 is 0 Å². The van der Waals surface area contributed by atoms with Crippen LogP contribution in [0.3, 0.4) is 0 Å². The fourth-order valence-electron chi connectivity index (χ4n) is 4.43. The third-order valence-corrected chi connectivity index (χ3v) is 6.20. The lowest BCUT2D eigenvalue weighted by Crippen LogP contribution is -2.24. The molecule has 0 fully saturated rings. The van der Waals surface area contributed by atoms with Gasteiger partial charge in [-0.25, -0.2) is 14.8 Å². The van der Waals surface area contributed by atoms with E-state index < -0.39 is 5.97 Å². The molecule has 0 saturated heterocycles. The number of esters is 1. The minimum atomic E-state index is -0.587. The van der Waals surface area contributed by atoms with Crippen LogP contribution in [0, 0.1) is 6.92 Å². The highest BCUT2D eigenvalue weighted by atomic mass is 16.5. The molecule has 2 aliphatic heterocycles. The van der Waals surface area contributed by atoms with Gasteiger partial charge in [0.15, 0.2) is 5.78 Å². The minimum absolute atomic E-state index is 0.125. The zero-order chi connectivity index (χ0) is 26.3. The molecule has 0 unspecified atom stereocenters. The van der Waals surface area contributed by atoms with E-state index in [1.54, 1.807) is 44.4 Å². The fourth-order valence-corrected chi connectivity index (χ4v) is 4.43. The number of nitrogens with one attached hydrogen (secondary N) is 1. The van der Waals surface area contributed by atoms with Gasteiger partial charge >= 0.3 is 5.97 Å². The van der Waals surface area contributed by atoms with E-state index in [-0.39, 0.29) is 28.5 Å². The van der Waals surface area contributed by atoms with Gasteiger partial charge in [-0.05, 0) is 30.7 Å². The highest BCUT2D eigenvalue weighted by Crippen LogP contribution is 2.30. The van der Waals surface area contributed by atoms with Crippen molar-refractivity contribution in [2.45, 2.75) is 13.5 Å². The van der Waals surface area contributed by atoms with Crippen LogP contribution in [-0.4, -0.2) is 63.3 Å². The first-order chi connectivity index (χ1) is 17.8. The normalized spacial score (nSPS) is 11.1. The Bertz CT molecular complexity index is 1630. The summed E-state index contributed by atoms with van der Waals surface area (Å²) in [5.74, 6) is -0.590. The molecule has 0 saturated carbocycles. The summed E-state index contributed by atoms with van der Waals surface area (Å²) < 4.78 is 6.94. The Labute approximate surface area is 213 Å². The van der Waals surface area contributed by atoms with Crippen LogP contribution in [0.25, 0.3) is 22.3 Å². The van der Waals surface area contributed by atoms with Gasteiger partial charge in [0.1, 0.15) is 17.2 Å². The average Bonchev–Trinajstić information content (AvgIpc) is 3.47. The Hall–Kier alpha value is -4.79. The zero-order valence-electron chi connectivity index (χ0n) is 20.9. The van der Waals surface area contributed by atoms with Gasteiger partial charge in [0.2, 0.25) is 0 Å². The van der Waals surface area contributed by atoms with Crippen molar-refractivity contribution in [3.8, 4) is 11.4 Å². The SMILES string of the molecule is COC(=O)c1cccc2[nH]c(C(=O)N(C)C)c(C(=O)c3ccc(Cn4ccc5nc(C)nc-5c4)cc3)c12. The largest absolute Gasteiger partial charge is 0.465 e. The second-order valence-electron chi connectivity index (χ2n) is 8.98. The topological polar surface area (TPSA) is 110 Å². The van der Waals surface area contributed by atoms with Gasteiger partial charge in [-0.1, -0.05) is 30.3 Å². The van der Waals surface area contributed by atoms with Crippen molar-refractivity contribution in [2.24, 2.45) is 0 Å². The molecule has 0 bridgehead atoms. The summed E-state index contributed by atoms with van der Waals surface area (Å²) >= 11 is 0. The maximum Gasteiger partial charge on any atom is 0.338 e. The van der Waals surface area contributed by atoms with E-state index in [0.717, 1.165) is 22.8 Å². The lowest BCUT2D eigenvalue weighted by atomic mass is 9.96. The summed E-state index contributed by atoms with van der Waals surface area (Å²) in [7, 11) is 4.49. The second-order valence-corrected chi connectivity index (χ2v) is 8.98. The molecule has 2 aliphatic rings. The minimum Gasteiger partial charge on any atom is -0.465 e. The van der Waals surface area contributed by atoms with Crippen molar-refractivity contribution in [3.63, 3.8) is 0 Å². The number of carbonyl (C=O) groups excluding carboxylic acids is 3. The van der Waals surface area contributed by atoms with E-state index >= 15 is 0 Å². The van der Waals surface area contributed by atoms with Crippen LogP contribution in [0.5, 0.6) is 0 Å². The van der Waals surface area contributed by atoms with Gasteiger partial charge in [0.25, 0.3) is 5.91 Å². The van der Waals surface area contributed by atoms with E-state index in [1.165, 1.54) is 12.0 Å². The van der Waals surface area contributed by atoms with Gasteiger partial charge < -0.3 is 19.2 Å². The van der Waals surface area contributed by atoms with Crippen molar-refractivity contribution in [1.82, 2.24) is 24.4 Å². The molecule has 1 aromatic heterocycles. The molecular formula is C28H25N5O4. The summed E-state index contributed by atoms with van der Waals surface area (Å²) in [6, 6.07) is 14.1. The number of aromatic amines is 1. The molecule has 5 rings (SSSR count). The molecule has 3 heterocycles. The first-order valence-electron chi connectivity index (χ1n) is 11.6. The molecule has 2 aromatic carbocycles. The third-order valence-electron chi connectivity index (χ3n) is 6.20. The van der Waals surface area contributed by atoms with E-state index in [1.807, 2.05) is 42.1 Å². The van der Waals surface area contributed by atoms with Crippen LogP contribution >= 0.6 is 0 Å². The third kappa shape index (κ3) is 4.35. The first kappa shape index (κ1) is 23.9. The first-order valence-corrected chi connectivity index (χ1v) is 11.6. The molecule has 1 N–H and O–H groups in total. The van der Waals surface area contributed by atoms with E-state index in [4.69, 9.17) is 4.74 Å². The molecule has 9 nitrogen and oxygen atoms in total. The quantitative estimate of drug-likeness (QED) is 0.282. The lowest BCUT2D eigenvalue weighted by molar-refractivity contribution is 0.0602. The van der Waals surface area contributed by atoms with Crippen LogP contribution in [-0.2, 0) is 11.3 Å². The van der Waals surface area contributed by atoms with Crippen molar-refractivity contribution in [1.29, 1.82) is 0 Å². The smallest absolute Gasteiger partial charge is 0.338 e. The highest BCUT2D eigenvalue weighted by molar-refractivity contribution is 6.24. The monoisotopic (exact) mass is 495 g/mol. The van der Waals surface area contributed by atoms with Crippen LogP contribution in [0.4, 0.5) is 0 Å². The molecule has 37 heavy (non-hydrogen) atoms. The van der Waals surface area contributed by atoms with Crippen LogP contribution in [0.15, 0.2) is 60.9 Å². The second kappa shape index (κ2) is 9.34. The fraction of sp³-hybridized carbons (Fsp3) is 0.179. The number of methoxy groups -OCH3 is 1. The molecular weight excluding hydrogens is 470 g/mol. The number of amides is 1.